The third-order valence-electron chi connectivity index (χ3n) is 2.45. The first kappa shape index (κ1) is 11.3. The highest BCUT2D eigenvalue weighted by atomic mass is 16.3. The number of carbonyl (C=O) groups is 1. The molecule has 0 saturated carbocycles. The molecule has 0 spiro atoms. The van der Waals surface area contributed by atoms with Gasteiger partial charge in [0.2, 0.25) is 0 Å². The molecule has 1 rings (SSSR count). The molecule has 0 unspecified atom stereocenters. The fraction of sp³-hybridized carbons (Fsp3) is 0.889. The molecule has 0 radical (unpaired) electrons. The summed E-state index contributed by atoms with van der Waals surface area (Å²) in [5, 5.41) is 18.5. The zero-order valence-electron chi connectivity index (χ0n) is 8.60. The normalized spacial score (nSPS) is 20.1. The molecule has 0 aromatic rings. The molecule has 1 aliphatic heterocycles. The quantitative estimate of drug-likeness (QED) is 0.493. The van der Waals surface area contributed by atoms with Crippen molar-refractivity contribution >= 4 is 6.03 Å². The number of rotatable bonds is 3. The van der Waals surface area contributed by atoms with Crippen molar-refractivity contribution < 1.29 is 9.90 Å². The molecule has 0 aliphatic carbocycles. The third-order valence-corrected chi connectivity index (χ3v) is 2.45. The Hall–Kier alpha value is -0.810. The third kappa shape index (κ3) is 3.51. The van der Waals surface area contributed by atoms with Crippen LogP contribution in [0.25, 0.3) is 0 Å². The van der Waals surface area contributed by atoms with Crippen LogP contribution < -0.4 is 16.0 Å². The second kappa shape index (κ2) is 5.17. The lowest BCUT2D eigenvalue weighted by atomic mass is 9.92. The molecule has 1 saturated heterocycles. The molecular formula is C9H19N3O2. The minimum absolute atomic E-state index is 0.209. The number of urea groups is 1. The summed E-state index contributed by atoms with van der Waals surface area (Å²) in [5.74, 6) is 0. The molecule has 4 N–H and O–H groups in total. The summed E-state index contributed by atoms with van der Waals surface area (Å²) in [6.45, 7) is 4.42. The van der Waals surface area contributed by atoms with Gasteiger partial charge in [0.05, 0.1) is 5.60 Å². The Bertz CT molecular complexity index is 190. The predicted molar refractivity (Wildman–Crippen MR) is 54.1 cm³/mol. The van der Waals surface area contributed by atoms with Gasteiger partial charge in [0.15, 0.2) is 0 Å². The van der Waals surface area contributed by atoms with E-state index in [1.54, 1.807) is 0 Å². The fourth-order valence-electron chi connectivity index (χ4n) is 1.54. The van der Waals surface area contributed by atoms with Crippen LogP contribution in [0.1, 0.15) is 19.8 Å². The van der Waals surface area contributed by atoms with Crippen LogP contribution in [-0.4, -0.2) is 42.9 Å². The van der Waals surface area contributed by atoms with Crippen LogP contribution in [0.15, 0.2) is 0 Å². The molecule has 14 heavy (non-hydrogen) atoms. The number of nitrogens with one attached hydrogen (secondary N) is 3. The Balaban J connectivity index is 2.24. The number of carbonyl (C=O) groups excluding carboxylic acids is 1. The lowest BCUT2D eigenvalue weighted by Crippen LogP contribution is -2.51. The minimum Gasteiger partial charge on any atom is -0.388 e. The average Bonchev–Trinajstić information content (AvgIpc) is 2.17. The van der Waals surface area contributed by atoms with Gasteiger partial charge in [-0.2, -0.15) is 0 Å². The molecule has 5 heteroatoms. The molecule has 1 aliphatic rings. The molecule has 1 fully saturated rings. The van der Waals surface area contributed by atoms with Crippen molar-refractivity contribution in [1.29, 1.82) is 0 Å². The van der Waals surface area contributed by atoms with Crippen molar-refractivity contribution in [2.75, 3.05) is 26.2 Å². The topological polar surface area (TPSA) is 73.4 Å². The van der Waals surface area contributed by atoms with Crippen molar-refractivity contribution in [2.45, 2.75) is 25.4 Å². The van der Waals surface area contributed by atoms with Gasteiger partial charge in [0.1, 0.15) is 0 Å². The van der Waals surface area contributed by atoms with Crippen molar-refractivity contribution in [1.82, 2.24) is 16.0 Å². The maximum absolute atomic E-state index is 11.1. The Morgan fingerprint density at radius 3 is 2.64 bits per heavy atom. The maximum atomic E-state index is 11.1. The summed E-state index contributed by atoms with van der Waals surface area (Å²) in [6.07, 6.45) is 1.39. The van der Waals surface area contributed by atoms with E-state index in [-0.39, 0.29) is 6.03 Å². The van der Waals surface area contributed by atoms with E-state index in [0.717, 1.165) is 13.1 Å². The highest BCUT2D eigenvalue weighted by Crippen LogP contribution is 2.16. The Labute approximate surface area is 84.3 Å². The van der Waals surface area contributed by atoms with Crippen molar-refractivity contribution in [3.63, 3.8) is 0 Å². The molecule has 5 nitrogen and oxygen atoms in total. The maximum Gasteiger partial charge on any atom is 0.314 e. The molecule has 0 aromatic carbocycles. The Kier molecular flexibility index (Phi) is 4.16. The molecule has 0 bridgehead atoms. The standard InChI is InChI=1S/C9H19N3O2/c1-2-11-8(13)12-7-9(14)3-5-10-6-4-9/h10,14H,2-7H2,1H3,(H2,11,12,13). The smallest absolute Gasteiger partial charge is 0.314 e. The van der Waals surface area contributed by atoms with E-state index in [9.17, 15) is 9.90 Å². The Morgan fingerprint density at radius 1 is 1.43 bits per heavy atom. The van der Waals surface area contributed by atoms with E-state index in [1.807, 2.05) is 6.92 Å². The van der Waals surface area contributed by atoms with Gasteiger partial charge in [-0.05, 0) is 32.9 Å². The van der Waals surface area contributed by atoms with Gasteiger partial charge >= 0.3 is 6.03 Å². The van der Waals surface area contributed by atoms with Crippen molar-refractivity contribution in [3.8, 4) is 0 Å². The summed E-state index contributed by atoms with van der Waals surface area (Å²) in [7, 11) is 0. The van der Waals surface area contributed by atoms with Gasteiger partial charge in [0, 0.05) is 13.1 Å². The first-order valence-electron chi connectivity index (χ1n) is 5.11. The molecular weight excluding hydrogens is 182 g/mol. The van der Waals surface area contributed by atoms with E-state index >= 15 is 0 Å². The van der Waals surface area contributed by atoms with Gasteiger partial charge in [-0.15, -0.1) is 0 Å². The zero-order chi connectivity index (χ0) is 10.4. The first-order valence-corrected chi connectivity index (χ1v) is 5.11. The predicted octanol–water partition coefficient (Wildman–Crippen LogP) is -0.580. The lowest BCUT2D eigenvalue weighted by Gasteiger charge is -2.32. The minimum atomic E-state index is -0.726. The van der Waals surface area contributed by atoms with Crippen LogP contribution in [-0.2, 0) is 0 Å². The van der Waals surface area contributed by atoms with Crippen LogP contribution in [0.4, 0.5) is 4.79 Å². The largest absolute Gasteiger partial charge is 0.388 e. The van der Waals surface area contributed by atoms with Crippen LogP contribution in [0, 0.1) is 0 Å². The summed E-state index contributed by atoms with van der Waals surface area (Å²) >= 11 is 0. The molecule has 2 amide bonds. The SMILES string of the molecule is CCNC(=O)NCC1(O)CCNCC1. The highest BCUT2D eigenvalue weighted by Gasteiger charge is 2.29. The molecule has 1 heterocycles. The van der Waals surface area contributed by atoms with E-state index in [0.29, 0.717) is 25.9 Å². The summed E-state index contributed by atoms with van der Waals surface area (Å²) < 4.78 is 0. The van der Waals surface area contributed by atoms with Crippen LogP contribution >= 0.6 is 0 Å². The molecule has 82 valence electrons. The molecule has 0 aromatic heterocycles. The van der Waals surface area contributed by atoms with Crippen molar-refractivity contribution in [3.05, 3.63) is 0 Å². The monoisotopic (exact) mass is 201 g/mol. The Morgan fingerprint density at radius 2 is 2.07 bits per heavy atom. The van der Waals surface area contributed by atoms with E-state index < -0.39 is 5.60 Å². The number of piperidine rings is 1. The van der Waals surface area contributed by atoms with Gasteiger partial charge in [-0.25, -0.2) is 4.79 Å². The van der Waals surface area contributed by atoms with E-state index in [4.69, 9.17) is 0 Å². The zero-order valence-corrected chi connectivity index (χ0v) is 8.60. The van der Waals surface area contributed by atoms with E-state index in [1.165, 1.54) is 0 Å². The van der Waals surface area contributed by atoms with Crippen molar-refractivity contribution in [2.24, 2.45) is 0 Å². The second-order valence-corrected chi connectivity index (χ2v) is 3.69. The van der Waals surface area contributed by atoms with Crippen LogP contribution in [0.3, 0.4) is 0 Å². The number of hydrogen-bond acceptors (Lipinski definition) is 3. The second-order valence-electron chi connectivity index (χ2n) is 3.69. The van der Waals surface area contributed by atoms with E-state index in [2.05, 4.69) is 16.0 Å². The van der Waals surface area contributed by atoms with Gasteiger partial charge < -0.3 is 21.1 Å². The summed E-state index contributed by atoms with van der Waals surface area (Å²) in [4.78, 5) is 11.1. The average molecular weight is 201 g/mol. The highest BCUT2D eigenvalue weighted by molar-refractivity contribution is 5.73. The summed E-state index contributed by atoms with van der Waals surface area (Å²) in [6, 6.07) is -0.209. The van der Waals surface area contributed by atoms with Crippen LogP contribution in [0.2, 0.25) is 0 Å². The molecule has 0 atom stereocenters. The number of hydrogen-bond donors (Lipinski definition) is 4. The fourth-order valence-corrected chi connectivity index (χ4v) is 1.54. The van der Waals surface area contributed by atoms with Gasteiger partial charge in [-0.1, -0.05) is 0 Å². The lowest BCUT2D eigenvalue weighted by molar-refractivity contribution is 0.0135. The van der Waals surface area contributed by atoms with Crippen LogP contribution in [0.5, 0.6) is 0 Å². The number of amides is 2. The summed E-state index contributed by atoms with van der Waals surface area (Å²) in [5.41, 5.74) is -0.726. The first-order chi connectivity index (χ1) is 6.66. The number of aliphatic hydroxyl groups is 1. The van der Waals surface area contributed by atoms with Gasteiger partial charge in [-0.3, -0.25) is 0 Å². The van der Waals surface area contributed by atoms with Gasteiger partial charge in [0.25, 0.3) is 0 Å².